The number of fused-ring (bicyclic) bond motifs is 2. The van der Waals surface area contributed by atoms with Crippen LogP contribution in [-0.2, 0) is 0 Å². The van der Waals surface area contributed by atoms with E-state index < -0.39 is 0 Å². The summed E-state index contributed by atoms with van der Waals surface area (Å²) in [6.45, 7) is 11.5. The van der Waals surface area contributed by atoms with E-state index in [1.807, 2.05) is 18.3 Å². The highest BCUT2D eigenvalue weighted by atomic mass is 32.3. The molecule has 1 aromatic carbocycles. The van der Waals surface area contributed by atoms with Crippen LogP contribution in [0.4, 0.5) is 0 Å². The lowest BCUT2D eigenvalue weighted by atomic mass is 10.1. The third kappa shape index (κ3) is 5.15. The Morgan fingerprint density at radius 1 is 1.36 bits per heavy atom. The Bertz CT molecular complexity index is 1130. The number of benzene rings is 1. The van der Waals surface area contributed by atoms with Crippen molar-refractivity contribution in [3.05, 3.63) is 89.1 Å². The fraction of sp³-hybridized carbons (Fsp3) is 0.357. The number of allylic oxidation sites excluding steroid dienone is 5. The molecule has 2 saturated heterocycles. The summed E-state index contributed by atoms with van der Waals surface area (Å²) in [7, 11) is -0.299. The minimum atomic E-state index is -0.299. The van der Waals surface area contributed by atoms with E-state index in [-0.39, 0.29) is 10.0 Å². The maximum Gasteiger partial charge on any atom is 0.0460 e. The Morgan fingerprint density at radius 3 is 2.91 bits per heavy atom. The van der Waals surface area contributed by atoms with Gasteiger partial charge in [-0.15, -0.1) is 0 Å². The van der Waals surface area contributed by atoms with E-state index in [9.17, 15) is 0 Å². The predicted octanol–water partition coefficient (Wildman–Crippen LogP) is 7.04. The van der Waals surface area contributed by atoms with Gasteiger partial charge in [0, 0.05) is 50.8 Å². The number of nitrogens with two attached hydrogens (primary N) is 1. The third-order valence-corrected chi connectivity index (χ3v) is 12.9. The van der Waals surface area contributed by atoms with Crippen LogP contribution in [0, 0.1) is 0 Å². The van der Waals surface area contributed by atoms with E-state index in [4.69, 9.17) is 5.73 Å². The zero-order valence-corrected chi connectivity index (χ0v) is 21.6. The van der Waals surface area contributed by atoms with Crippen molar-refractivity contribution in [2.75, 3.05) is 24.3 Å². The van der Waals surface area contributed by atoms with Crippen molar-refractivity contribution in [2.45, 2.75) is 37.4 Å². The summed E-state index contributed by atoms with van der Waals surface area (Å²) >= 11 is 1.70. The second-order valence-electron chi connectivity index (χ2n) is 9.53. The van der Waals surface area contributed by atoms with Crippen LogP contribution in [0.2, 0.25) is 0 Å². The van der Waals surface area contributed by atoms with Gasteiger partial charge in [-0.1, -0.05) is 55.3 Å². The lowest BCUT2D eigenvalue weighted by Crippen LogP contribution is -2.26. The van der Waals surface area contributed by atoms with E-state index >= 15 is 0 Å². The van der Waals surface area contributed by atoms with Crippen molar-refractivity contribution < 1.29 is 0 Å². The molecule has 0 bridgehead atoms. The second-order valence-corrected chi connectivity index (χ2v) is 14.5. The van der Waals surface area contributed by atoms with E-state index in [0.717, 1.165) is 52.2 Å². The Balaban J connectivity index is 1.40. The summed E-state index contributed by atoms with van der Waals surface area (Å²) in [4.78, 5) is 4.52. The van der Waals surface area contributed by atoms with Gasteiger partial charge in [0.1, 0.15) is 0 Å². The molecular formula is C28H37N3S2. The fourth-order valence-corrected chi connectivity index (χ4v) is 10.2. The monoisotopic (exact) mass is 479 g/mol. The van der Waals surface area contributed by atoms with Gasteiger partial charge in [0.2, 0.25) is 0 Å². The molecule has 4 N–H and O–H groups in total. The van der Waals surface area contributed by atoms with Crippen molar-refractivity contribution in [1.82, 2.24) is 10.3 Å². The first kappa shape index (κ1) is 23.9. The molecule has 0 saturated carbocycles. The van der Waals surface area contributed by atoms with E-state index in [2.05, 4.69) is 72.5 Å². The molecule has 5 heteroatoms. The average molecular weight is 480 g/mol. The number of hydrogen-bond acceptors (Lipinski definition) is 3. The highest BCUT2D eigenvalue weighted by Gasteiger charge is 2.62. The molecule has 0 amide bonds. The highest BCUT2D eigenvalue weighted by molar-refractivity contribution is 8.40. The first-order chi connectivity index (χ1) is 15.9. The van der Waals surface area contributed by atoms with E-state index in [1.165, 1.54) is 29.7 Å². The summed E-state index contributed by atoms with van der Waals surface area (Å²) in [5.41, 5.74) is 11.7. The normalized spacial score (nSPS) is 27.2. The van der Waals surface area contributed by atoms with Crippen molar-refractivity contribution in [2.24, 2.45) is 5.73 Å². The number of hydrogen-bond donors (Lipinski definition) is 3. The molecule has 2 aromatic rings. The Kier molecular flexibility index (Phi) is 7.20. The fourth-order valence-electron chi connectivity index (χ4n) is 4.90. The maximum absolute atomic E-state index is 6.34. The van der Waals surface area contributed by atoms with Gasteiger partial charge in [-0.05, 0) is 73.0 Å². The molecule has 4 rings (SSSR count). The lowest BCUT2D eigenvalue weighted by Gasteiger charge is -2.17. The van der Waals surface area contributed by atoms with Crippen molar-refractivity contribution >= 4 is 38.3 Å². The molecule has 2 aliphatic rings. The number of nitrogens with one attached hydrogen (secondary N) is 2. The highest BCUT2D eigenvalue weighted by Crippen LogP contribution is 2.79. The first-order valence-corrected chi connectivity index (χ1v) is 15.0. The maximum atomic E-state index is 6.34. The van der Waals surface area contributed by atoms with Gasteiger partial charge in [0.15, 0.2) is 0 Å². The van der Waals surface area contributed by atoms with E-state index in [1.54, 1.807) is 11.8 Å². The molecule has 3 heterocycles. The molecule has 0 aliphatic carbocycles. The number of aromatic nitrogens is 1. The number of H-pyrrole nitrogens is 1. The standard InChI is InChI=1S/C28H37N3S2/c1-5-21(2)18-32-27(22(3)25-17-31-26-12-7-6-11-24(25)26)13-8-10-23(29)16-30-19-28-14-9-15-33(28,4)20-28/h5-7,11-13,16-18,30-31H,1,3,8-10,14-15,19-20,29H2,2,4H3/b21-18+,23-16-,27-13-. The Morgan fingerprint density at radius 2 is 2.18 bits per heavy atom. The van der Waals surface area contributed by atoms with Gasteiger partial charge in [-0.2, -0.15) is 0 Å². The number of rotatable bonds is 11. The number of aromatic amines is 1. The van der Waals surface area contributed by atoms with Gasteiger partial charge < -0.3 is 16.0 Å². The quantitative estimate of drug-likeness (QED) is 0.239. The molecule has 2 fully saturated rings. The summed E-state index contributed by atoms with van der Waals surface area (Å²) in [5, 5.41) is 6.88. The van der Waals surface area contributed by atoms with Crippen LogP contribution in [0.1, 0.15) is 38.2 Å². The molecule has 3 nitrogen and oxygen atoms in total. The molecule has 0 spiro atoms. The van der Waals surface area contributed by atoms with Gasteiger partial charge >= 0.3 is 0 Å². The SMILES string of the molecule is C=C/C(C)=C/S/C(=C\CC/C(N)=C/NCC12CCCS1(C)C2)C(=C)c1c[nH]c2ccccc12. The lowest BCUT2D eigenvalue weighted by molar-refractivity contribution is 0.619. The van der Waals surface area contributed by atoms with Crippen molar-refractivity contribution in [1.29, 1.82) is 0 Å². The molecule has 2 aliphatic heterocycles. The number of para-hydroxylation sites is 1. The molecule has 176 valence electrons. The topological polar surface area (TPSA) is 53.8 Å². The van der Waals surface area contributed by atoms with Crippen LogP contribution in [0.3, 0.4) is 0 Å². The average Bonchev–Trinajstić information content (AvgIpc) is 3.09. The van der Waals surface area contributed by atoms with Crippen LogP contribution in [0.25, 0.3) is 16.5 Å². The first-order valence-electron chi connectivity index (χ1n) is 11.7. The molecule has 33 heavy (non-hydrogen) atoms. The van der Waals surface area contributed by atoms with Crippen LogP contribution < -0.4 is 11.1 Å². The third-order valence-electron chi connectivity index (χ3n) is 7.15. The second kappa shape index (κ2) is 9.94. The van der Waals surface area contributed by atoms with E-state index in [0.29, 0.717) is 4.75 Å². The molecule has 2 atom stereocenters. The minimum Gasteiger partial charge on any atom is -0.401 e. The van der Waals surface area contributed by atoms with Crippen LogP contribution >= 0.6 is 21.8 Å². The summed E-state index contributed by atoms with van der Waals surface area (Å²) in [5.74, 6) is 2.93. The predicted molar refractivity (Wildman–Crippen MR) is 152 cm³/mol. The molecule has 0 radical (unpaired) electrons. The largest absolute Gasteiger partial charge is 0.401 e. The summed E-state index contributed by atoms with van der Waals surface area (Å²) in [6.07, 6.45) is 15.3. The molecular weight excluding hydrogens is 442 g/mol. The minimum absolute atomic E-state index is 0.299. The van der Waals surface area contributed by atoms with Crippen molar-refractivity contribution in [3.8, 4) is 0 Å². The van der Waals surface area contributed by atoms with Gasteiger partial charge in [-0.25, -0.2) is 10.0 Å². The molecule has 1 aromatic heterocycles. The van der Waals surface area contributed by atoms with Crippen LogP contribution in [-0.4, -0.2) is 34.0 Å². The van der Waals surface area contributed by atoms with Crippen LogP contribution in [0.5, 0.6) is 0 Å². The number of thioether (sulfide) groups is 1. The molecule has 2 unspecified atom stereocenters. The van der Waals surface area contributed by atoms with Gasteiger partial charge in [-0.3, -0.25) is 0 Å². The zero-order valence-electron chi connectivity index (χ0n) is 20.0. The van der Waals surface area contributed by atoms with Gasteiger partial charge in [0.25, 0.3) is 0 Å². The van der Waals surface area contributed by atoms with Crippen molar-refractivity contribution in [3.63, 3.8) is 0 Å². The summed E-state index contributed by atoms with van der Waals surface area (Å²) < 4.78 is 0.611. The summed E-state index contributed by atoms with van der Waals surface area (Å²) in [6, 6.07) is 8.36. The zero-order chi connectivity index (χ0) is 23.5. The van der Waals surface area contributed by atoms with Crippen LogP contribution in [0.15, 0.2) is 83.6 Å². The Hall–Kier alpha value is -2.24. The Labute approximate surface area is 204 Å². The smallest absolute Gasteiger partial charge is 0.0460 e. The van der Waals surface area contributed by atoms with Gasteiger partial charge in [0.05, 0.1) is 0 Å².